The molecule has 0 radical (unpaired) electrons. The molecule has 5 aromatic rings. The predicted molar refractivity (Wildman–Crippen MR) is 181 cm³/mol. The molecule has 2 atom stereocenters. The van der Waals surface area contributed by atoms with Gasteiger partial charge in [0.15, 0.2) is 0 Å². The van der Waals surface area contributed by atoms with Gasteiger partial charge in [-0.3, -0.25) is 19.2 Å². The molecule has 1 unspecified atom stereocenters. The van der Waals surface area contributed by atoms with Gasteiger partial charge in [-0.05, 0) is 21.9 Å². The average Bonchev–Trinajstić information content (AvgIpc) is 3.80. The van der Waals surface area contributed by atoms with Crippen LogP contribution in [0.3, 0.4) is 0 Å². The first-order valence-corrected chi connectivity index (χ1v) is 16.7. The third-order valence-electron chi connectivity index (χ3n) is 8.42. The molecule has 0 N–H and O–H groups in total. The summed E-state index contributed by atoms with van der Waals surface area (Å²) < 4.78 is 11.1. The highest BCUT2D eigenvalue weighted by atomic mass is 35.5. The number of carbonyl (C=O) groups is 4. The molecular weight excluding hydrogens is 663 g/mol. The van der Waals surface area contributed by atoms with Crippen molar-refractivity contribution in [2.45, 2.75) is 25.7 Å². The van der Waals surface area contributed by atoms with E-state index < -0.39 is 23.8 Å². The maximum absolute atomic E-state index is 14.0. The molecule has 1 aromatic heterocycles. The van der Waals surface area contributed by atoms with Gasteiger partial charge in [0.1, 0.15) is 11.5 Å². The Morgan fingerprint density at radius 1 is 0.702 bits per heavy atom. The third-order valence-corrected chi connectivity index (χ3v) is 10.1. The van der Waals surface area contributed by atoms with Crippen LogP contribution in [0.1, 0.15) is 56.4 Å². The van der Waals surface area contributed by atoms with E-state index in [1.807, 2.05) is 48.5 Å². The van der Waals surface area contributed by atoms with Gasteiger partial charge in [-0.1, -0.05) is 59.9 Å². The van der Waals surface area contributed by atoms with Crippen LogP contribution in [-0.2, 0) is 9.59 Å². The van der Waals surface area contributed by atoms with E-state index in [1.165, 1.54) is 13.8 Å². The molecule has 0 spiro atoms. The molecule has 238 valence electrons. The van der Waals surface area contributed by atoms with E-state index >= 15 is 0 Å². The summed E-state index contributed by atoms with van der Waals surface area (Å²) in [7, 11) is 0. The topological polar surface area (TPSA) is 119 Å². The van der Waals surface area contributed by atoms with Gasteiger partial charge < -0.3 is 19.3 Å². The van der Waals surface area contributed by atoms with Gasteiger partial charge in [0.2, 0.25) is 10.0 Å². The number of hydrogen-bond acceptors (Lipinski definition) is 9. The number of nitrogens with zero attached hydrogens (tertiary/aromatic N) is 4. The monoisotopic (exact) mass is 688 g/mol. The van der Waals surface area contributed by atoms with Crippen LogP contribution in [0, 0.1) is 0 Å². The van der Waals surface area contributed by atoms with Crippen LogP contribution in [0.2, 0.25) is 0 Å². The van der Waals surface area contributed by atoms with Gasteiger partial charge in [0.25, 0.3) is 11.8 Å². The van der Waals surface area contributed by atoms with Crippen LogP contribution in [0.4, 0.5) is 11.4 Å². The Morgan fingerprint density at radius 2 is 1.09 bits per heavy atom. The molecule has 47 heavy (non-hydrogen) atoms. The fraction of sp³-hybridized carbons (Fsp3) is 0.235. The summed E-state index contributed by atoms with van der Waals surface area (Å²) in [5.41, 5.74) is 2.86. The summed E-state index contributed by atoms with van der Waals surface area (Å²) in [4.78, 5) is 54.9. The molecule has 10 nitrogen and oxygen atoms in total. The zero-order valence-electron chi connectivity index (χ0n) is 25.2. The maximum Gasteiger partial charge on any atom is 0.308 e. The molecule has 2 aliphatic rings. The van der Waals surface area contributed by atoms with E-state index in [1.54, 1.807) is 21.9 Å². The molecule has 0 saturated heterocycles. The standard InChI is InChI=1S/C34H26Cl2N4O6S/c1-17(41)45-27-11-25-29(23-9-5-3-7-21(23)27)19(13-35)15-39(25)33(43)31-37-38-32(47-31)34(44)40-16-20(14-36)30-24-10-6-4-8-22(24)28(12-26(30)40)46-18(2)42/h3-12,19-20H,13-16H2,1-2H3/t19-,20?/m1/s1. The lowest BCUT2D eigenvalue weighted by atomic mass is 9.95. The molecule has 4 aromatic carbocycles. The van der Waals surface area contributed by atoms with Crippen molar-refractivity contribution in [2.24, 2.45) is 0 Å². The first-order chi connectivity index (χ1) is 22.7. The van der Waals surface area contributed by atoms with E-state index in [-0.39, 0.29) is 46.7 Å². The smallest absolute Gasteiger partial charge is 0.308 e. The van der Waals surface area contributed by atoms with E-state index in [9.17, 15) is 19.2 Å². The fourth-order valence-corrected chi connectivity index (χ4v) is 7.81. The van der Waals surface area contributed by atoms with Crippen molar-refractivity contribution in [1.82, 2.24) is 10.2 Å². The summed E-state index contributed by atoms with van der Waals surface area (Å²) in [5.74, 6) is -1.08. The van der Waals surface area contributed by atoms with Gasteiger partial charge >= 0.3 is 11.9 Å². The number of halogens is 2. The summed E-state index contributed by atoms with van der Waals surface area (Å²) in [6.45, 7) is 3.19. The molecule has 7 rings (SSSR count). The quantitative estimate of drug-likeness (QED) is 0.110. The van der Waals surface area contributed by atoms with Crippen LogP contribution in [0.15, 0.2) is 60.7 Å². The Hall–Kier alpha value is -4.58. The number of alkyl halides is 2. The summed E-state index contributed by atoms with van der Waals surface area (Å²) in [6.07, 6.45) is 0. The number of fused-ring (bicyclic) bond motifs is 6. The number of benzene rings is 4. The van der Waals surface area contributed by atoms with Crippen LogP contribution in [-0.4, -0.2) is 58.8 Å². The van der Waals surface area contributed by atoms with Gasteiger partial charge in [-0.15, -0.1) is 33.4 Å². The first kappa shape index (κ1) is 31.0. The van der Waals surface area contributed by atoms with Crippen LogP contribution >= 0.6 is 34.5 Å². The summed E-state index contributed by atoms with van der Waals surface area (Å²) in [6, 6.07) is 18.3. The molecule has 13 heteroatoms. The molecule has 0 saturated carbocycles. The normalized spacial score (nSPS) is 16.8. The number of esters is 2. The summed E-state index contributed by atoms with van der Waals surface area (Å²) >= 11 is 13.7. The van der Waals surface area contributed by atoms with Crippen LogP contribution < -0.4 is 19.3 Å². The number of anilines is 2. The van der Waals surface area contributed by atoms with Crippen molar-refractivity contribution in [3.05, 3.63) is 81.8 Å². The van der Waals surface area contributed by atoms with Crippen molar-refractivity contribution in [3.63, 3.8) is 0 Å². The van der Waals surface area contributed by atoms with Crippen molar-refractivity contribution in [1.29, 1.82) is 0 Å². The van der Waals surface area contributed by atoms with Gasteiger partial charge in [-0.25, -0.2) is 0 Å². The summed E-state index contributed by atoms with van der Waals surface area (Å²) in [5, 5.41) is 11.4. The minimum atomic E-state index is -0.486. The third kappa shape index (κ3) is 5.28. The molecule has 2 aliphatic heterocycles. The lowest BCUT2D eigenvalue weighted by molar-refractivity contribution is -0.132. The second kappa shape index (κ2) is 12.2. The van der Waals surface area contributed by atoms with Gasteiger partial charge in [0.05, 0.1) is 11.4 Å². The van der Waals surface area contributed by atoms with Crippen LogP contribution in [0.5, 0.6) is 11.5 Å². The van der Waals surface area contributed by atoms with E-state index in [0.717, 1.165) is 44.0 Å². The van der Waals surface area contributed by atoms with Crippen molar-refractivity contribution in [3.8, 4) is 11.5 Å². The lowest BCUT2D eigenvalue weighted by Crippen LogP contribution is -2.30. The lowest BCUT2D eigenvalue weighted by Gasteiger charge is -2.18. The molecule has 0 fully saturated rings. The highest BCUT2D eigenvalue weighted by Gasteiger charge is 2.39. The largest absolute Gasteiger partial charge is 0.426 e. The number of amides is 2. The number of aromatic nitrogens is 2. The Bertz CT molecular complexity index is 1990. The molecule has 3 heterocycles. The van der Waals surface area contributed by atoms with Crippen molar-refractivity contribution >= 4 is 91.2 Å². The zero-order valence-corrected chi connectivity index (χ0v) is 27.5. The van der Waals surface area contributed by atoms with E-state index in [2.05, 4.69) is 10.2 Å². The molecule has 2 amide bonds. The van der Waals surface area contributed by atoms with E-state index in [4.69, 9.17) is 32.7 Å². The Labute approximate surface area is 282 Å². The average molecular weight is 690 g/mol. The molecular formula is C34H26Cl2N4O6S. The van der Waals surface area contributed by atoms with E-state index in [0.29, 0.717) is 22.9 Å². The zero-order chi connectivity index (χ0) is 33.0. The van der Waals surface area contributed by atoms with Crippen molar-refractivity contribution in [2.75, 3.05) is 34.6 Å². The highest BCUT2D eigenvalue weighted by Crippen LogP contribution is 2.48. The Balaban J connectivity index is 1.24. The van der Waals surface area contributed by atoms with Crippen LogP contribution in [0.25, 0.3) is 21.5 Å². The van der Waals surface area contributed by atoms with Gasteiger partial charge in [-0.2, -0.15) is 0 Å². The number of rotatable bonds is 6. The molecule has 0 bridgehead atoms. The fourth-order valence-electron chi connectivity index (χ4n) is 6.57. The van der Waals surface area contributed by atoms with Gasteiger partial charge in [0, 0.05) is 73.4 Å². The second-order valence-electron chi connectivity index (χ2n) is 11.3. The number of carbonyl (C=O) groups excluding carboxylic acids is 4. The number of ether oxygens (including phenoxy) is 2. The number of hydrogen-bond donors (Lipinski definition) is 0. The first-order valence-electron chi connectivity index (χ1n) is 14.8. The second-order valence-corrected chi connectivity index (χ2v) is 12.9. The minimum Gasteiger partial charge on any atom is -0.426 e. The molecule has 0 aliphatic carbocycles. The van der Waals surface area contributed by atoms with Crippen molar-refractivity contribution < 1.29 is 28.7 Å². The predicted octanol–water partition coefficient (Wildman–Crippen LogP) is 6.66. The Morgan fingerprint density at radius 3 is 1.45 bits per heavy atom. The SMILES string of the molecule is CC(=O)Oc1cc2c(c3ccccc13)C(CCl)CN2C(=O)c1nnc(C(=O)N2C[C@@H](CCl)c3c2cc(OC(C)=O)c2ccccc32)s1. The highest BCUT2D eigenvalue weighted by molar-refractivity contribution is 7.15. The Kier molecular flexibility index (Phi) is 8.07. The maximum atomic E-state index is 14.0. The minimum absolute atomic E-state index is 0.0177.